The molecule has 0 radical (unpaired) electrons. The van der Waals surface area contributed by atoms with Gasteiger partial charge in [-0.25, -0.2) is 0 Å². The molecule has 0 aliphatic heterocycles. The van der Waals surface area contributed by atoms with E-state index in [-0.39, 0.29) is 12.3 Å². The highest BCUT2D eigenvalue weighted by Gasteiger charge is 2.13. The molecule has 2 aromatic rings. The lowest BCUT2D eigenvalue weighted by molar-refractivity contribution is -0.115. The average Bonchev–Trinajstić information content (AvgIpc) is 2.97. The molecular weight excluding hydrogens is 264 g/mol. The molecule has 0 saturated heterocycles. The smallest absolute Gasteiger partial charge is 0.232 e. The molecule has 1 amide bonds. The lowest BCUT2D eigenvalue weighted by atomic mass is 10.2. The Balaban J connectivity index is 1.99. The normalized spacial score (nSPS) is 10.5. The fourth-order valence-corrected chi connectivity index (χ4v) is 2.33. The molecule has 0 aliphatic rings. The van der Waals surface area contributed by atoms with Gasteiger partial charge < -0.3 is 10.6 Å². The third-order valence-electron chi connectivity index (χ3n) is 2.71. The predicted molar refractivity (Wildman–Crippen MR) is 74.5 cm³/mol. The van der Waals surface area contributed by atoms with Gasteiger partial charge in [0.15, 0.2) is 5.82 Å². The van der Waals surface area contributed by atoms with Crippen molar-refractivity contribution in [1.29, 1.82) is 0 Å². The van der Waals surface area contributed by atoms with Gasteiger partial charge in [-0.3, -0.25) is 9.89 Å². The lowest BCUT2D eigenvalue weighted by Gasteiger charge is -2.01. The number of aromatic amines is 1. The molecule has 0 aromatic carbocycles. The second-order valence-corrected chi connectivity index (χ2v) is 5.07. The lowest BCUT2D eigenvalue weighted by Crippen LogP contribution is -2.15. The first kappa shape index (κ1) is 13.5. The monoisotopic (exact) mass is 280 g/mol. The number of anilines is 2. The Morgan fingerprint density at radius 2 is 2.21 bits per heavy atom. The van der Waals surface area contributed by atoms with Crippen LogP contribution in [0.3, 0.4) is 0 Å². The maximum Gasteiger partial charge on any atom is 0.232 e. The van der Waals surface area contributed by atoms with Crippen LogP contribution in [0.1, 0.15) is 23.2 Å². The topological polar surface area (TPSA) is 95.6 Å². The first-order chi connectivity index (χ1) is 9.13. The van der Waals surface area contributed by atoms with Crippen molar-refractivity contribution in [2.24, 2.45) is 0 Å². The fourth-order valence-electron chi connectivity index (χ4n) is 1.64. The van der Waals surface area contributed by atoms with E-state index in [1.807, 2.05) is 13.8 Å². The van der Waals surface area contributed by atoms with E-state index in [0.717, 1.165) is 17.7 Å². The van der Waals surface area contributed by atoms with Gasteiger partial charge in [0.2, 0.25) is 11.0 Å². The van der Waals surface area contributed by atoms with E-state index in [0.29, 0.717) is 16.0 Å². The second kappa shape index (κ2) is 5.79. The highest BCUT2D eigenvalue weighted by atomic mass is 32.1. The van der Waals surface area contributed by atoms with E-state index < -0.39 is 0 Å². The van der Waals surface area contributed by atoms with Crippen LogP contribution in [0.15, 0.2) is 0 Å². The molecule has 102 valence electrons. The van der Waals surface area contributed by atoms with Crippen molar-refractivity contribution in [3.8, 4) is 0 Å². The molecule has 3 N–H and O–H groups in total. The van der Waals surface area contributed by atoms with E-state index in [1.54, 1.807) is 7.05 Å². The zero-order valence-corrected chi connectivity index (χ0v) is 11.9. The van der Waals surface area contributed by atoms with E-state index in [2.05, 4.69) is 31.0 Å². The van der Waals surface area contributed by atoms with Gasteiger partial charge in [-0.15, -0.1) is 10.2 Å². The molecule has 0 saturated carbocycles. The molecule has 0 bridgehead atoms. The molecule has 2 heterocycles. The highest BCUT2D eigenvalue weighted by Crippen LogP contribution is 2.17. The van der Waals surface area contributed by atoms with Crippen molar-refractivity contribution < 1.29 is 4.79 Å². The van der Waals surface area contributed by atoms with Crippen LogP contribution >= 0.6 is 11.3 Å². The summed E-state index contributed by atoms with van der Waals surface area (Å²) in [7, 11) is 1.77. The minimum Gasteiger partial charge on any atom is -0.363 e. The Bertz CT molecular complexity index is 576. The van der Waals surface area contributed by atoms with Gasteiger partial charge in [-0.05, 0) is 13.3 Å². The van der Waals surface area contributed by atoms with Crippen molar-refractivity contribution in [2.75, 3.05) is 17.7 Å². The standard InChI is InChI=1S/C11H16N6OS/c1-4-7-6(2)10(16-14-7)13-8(18)5-9-15-17-11(12-3)19-9/h4-5H2,1-3H3,(H,12,17)(H2,13,14,16,18). The zero-order chi connectivity index (χ0) is 13.8. The van der Waals surface area contributed by atoms with Gasteiger partial charge in [-0.2, -0.15) is 5.10 Å². The van der Waals surface area contributed by atoms with E-state index in [4.69, 9.17) is 0 Å². The fraction of sp³-hybridized carbons (Fsp3) is 0.455. The highest BCUT2D eigenvalue weighted by molar-refractivity contribution is 7.15. The summed E-state index contributed by atoms with van der Waals surface area (Å²) in [5.74, 6) is 0.441. The maximum absolute atomic E-state index is 11.9. The summed E-state index contributed by atoms with van der Waals surface area (Å²) in [4.78, 5) is 11.9. The van der Waals surface area contributed by atoms with Crippen molar-refractivity contribution >= 4 is 28.2 Å². The van der Waals surface area contributed by atoms with Crippen molar-refractivity contribution in [2.45, 2.75) is 26.7 Å². The summed E-state index contributed by atoms with van der Waals surface area (Å²) in [6.45, 7) is 3.97. The third-order valence-corrected chi connectivity index (χ3v) is 3.66. The maximum atomic E-state index is 11.9. The van der Waals surface area contributed by atoms with Crippen LogP contribution in [-0.4, -0.2) is 33.3 Å². The molecule has 0 aliphatic carbocycles. The van der Waals surface area contributed by atoms with Crippen molar-refractivity contribution in [3.05, 3.63) is 16.3 Å². The van der Waals surface area contributed by atoms with Crippen molar-refractivity contribution in [1.82, 2.24) is 20.4 Å². The molecular formula is C11H16N6OS. The Labute approximate surface area is 114 Å². The quantitative estimate of drug-likeness (QED) is 0.768. The average molecular weight is 280 g/mol. The van der Waals surface area contributed by atoms with Crippen LogP contribution in [-0.2, 0) is 17.6 Å². The second-order valence-electron chi connectivity index (χ2n) is 4.01. The number of hydrogen-bond acceptors (Lipinski definition) is 6. The van der Waals surface area contributed by atoms with Gasteiger partial charge in [0.25, 0.3) is 0 Å². The summed E-state index contributed by atoms with van der Waals surface area (Å²) in [6, 6.07) is 0. The number of hydrogen-bond donors (Lipinski definition) is 3. The number of carbonyl (C=O) groups excluding carboxylic acids is 1. The molecule has 2 aromatic heterocycles. The molecule has 0 fully saturated rings. The van der Waals surface area contributed by atoms with E-state index >= 15 is 0 Å². The number of aromatic nitrogens is 4. The summed E-state index contributed by atoms with van der Waals surface area (Å²) in [6.07, 6.45) is 1.06. The Hall–Kier alpha value is -1.96. The third kappa shape index (κ3) is 3.08. The zero-order valence-electron chi connectivity index (χ0n) is 11.1. The molecule has 0 spiro atoms. The van der Waals surface area contributed by atoms with Crippen molar-refractivity contribution in [3.63, 3.8) is 0 Å². The van der Waals surface area contributed by atoms with Gasteiger partial charge in [0.05, 0.1) is 6.42 Å². The van der Waals surface area contributed by atoms with Gasteiger partial charge in [-0.1, -0.05) is 18.3 Å². The number of nitrogens with zero attached hydrogens (tertiary/aromatic N) is 3. The summed E-state index contributed by atoms with van der Waals surface area (Å²) >= 11 is 1.36. The first-order valence-corrected chi connectivity index (χ1v) is 6.79. The number of aryl methyl sites for hydroxylation is 1. The number of nitrogens with one attached hydrogen (secondary N) is 3. The minimum atomic E-state index is -0.143. The van der Waals surface area contributed by atoms with Gasteiger partial charge in [0.1, 0.15) is 5.01 Å². The van der Waals surface area contributed by atoms with Crippen LogP contribution < -0.4 is 10.6 Å². The number of H-pyrrole nitrogens is 1. The summed E-state index contributed by atoms with van der Waals surface area (Å²) < 4.78 is 0. The first-order valence-electron chi connectivity index (χ1n) is 5.97. The Morgan fingerprint density at radius 3 is 2.79 bits per heavy atom. The molecule has 7 nitrogen and oxygen atoms in total. The SMILES string of the molecule is CCc1[nH]nc(NC(=O)Cc2nnc(NC)s2)c1C. The van der Waals surface area contributed by atoms with Crippen LogP contribution in [0, 0.1) is 6.92 Å². The number of rotatable bonds is 5. The molecule has 19 heavy (non-hydrogen) atoms. The van der Waals surface area contributed by atoms with Gasteiger partial charge >= 0.3 is 0 Å². The Morgan fingerprint density at radius 1 is 1.42 bits per heavy atom. The summed E-state index contributed by atoms with van der Waals surface area (Å²) in [5, 5.41) is 21.8. The van der Waals surface area contributed by atoms with Crippen LogP contribution in [0.25, 0.3) is 0 Å². The number of amides is 1. The number of carbonyl (C=O) groups is 1. The van der Waals surface area contributed by atoms with E-state index in [9.17, 15) is 4.79 Å². The molecule has 8 heteroatoms. The molecule has 0 unspecified atom stereocenters. The predicted octanol–water partition coefficient (Wildman–Crippen LogP) is 1.35. The largest absolute Gasteiger partial charge is 0.363 e. The van der Waals surface area contributed by atoms with Crippen LogP contribution in [0.2, 0.25) is 0 Å². The van der Waals surface area contributed by atoms with Gasteiger partial charge in [0, 0.05) is 18.3 Å². The van der Waals surface area contributed by atoms with E-state index in [1.165, 1.54) is 11.3 Å². The minimum absolute atomic E-state index is 0.143. The van der Waals surface area contributed by atoms with Crippen LogP contribution in [0.4, 0.5) is 10.9 Å². The Kier molecular flexibility index (Phi) is 4.10. The molecule has 2 rings (SSSR count). The van der Waals surface area contributed by atoms with Crippen LogP contribution in [0.5, 0.6) is 0 Å². The molecule has 0 atom stereocenters. The summed E-state index contributed by atoms with van der Waals surface area (Å²) in [5.41, 5.74) is 2.01.